The Morgan fingerprint density at radius 1 is 1.26 bits per heavy atom. The number of hydrogen-bond acceptors (Lipinski definition) is 2. The molecule has 102 valence electrons. The highest BCUT2D eigenvalue weighted by molar-refractivity contribution is 6.31. The third-order valence-corrected chi connectivity index (χ3v) is 3.58. The van der Waals surface area contributed by atoms with Gasteiger partial charge in [-0.1, -0.05) is 23.7 Å². The van der Waals surface area contributed by atoms with Gasteiger partial charge in [0.05, 0.1) is 5.69 Å². The Morgan fingerprint density at radius 2 is 1.95 bits per heavy atom. The second kappa shape index (κ2) is 5.35. The molecule has 1 unspecified atom stereocenters. The number of aromatic nitrogens is 2. The SMILES string of the molecule is Cc1nn(C(C)C)cc1-c1ccc(C(C)N)c(Cl)c1. The summed E-state index contributed by atoms with van der Waals surface area (Å²) in [6, 6.07) is 6.31. The van der Waals surface area contributed by atoms with Crippen molar-refractivity contribution in [2.75, 3.05) is 0 Å². The topological polar surface area (TPSA) is 43.8 Å². The van der Waals surface area contributed by atoms with Crippen LogP contribution >= 0.6 is 11.6 Å². The predicted molar refractivity (Wildman–Crippen MR) is 80.4 cm³/mol. The molecule has 3 nitrogen and oxygen atoms in total. The van der Waals surface area contributed by atoms with Crippen LogP contribution in [0.2, 0.25) is 5.02 Å². The summed E-state index contributed by atoms with van der Waals surface area (Å²) in [4.78, 5) is 0. The minimum atomic E-state index is -0.0546. The van der Waals surface area contributed by atoms with Crippen molar-refractivity contribution in [1.29, 1.82) is 0 Å². The average molecular weight is 278 g/mol. The number of nitrogens with two attached hydrogens (primary N) is 1. The van der Waals surface area contributed by atoms with E-state index >= 15 is 0 Å². The van der Waals surface area contributed by atoms with Gasteiger partial charge in [0, 0.05) is 28.9 Å². The fourth-order valence-corrected chi connectivity index (χ4v) is 2.45. The Morgan fingerprint density at radius 3 is 2.42 bits per heavy atom. The van der Waals surface area contributed by atoms with Crippen molar-refractivity contribution in [3.05, 3.63) is 40.7 Å². The summed E-state index contributed by atoms with van der Waals surface area (Å²) < 4.78 is 1.97. The molecular formula is C15H20ClN3. The largest absolute Gasteiger partial charge is 0.324 e. The van der Waals surface area contributed by atoms with Gasteiger partial charge in [0.2, 0.25) is 0 Å². The first-order valence-electron chi connectivity index (χ1n) is 6.51. The number of benzene rings is 1. The van der Waals surface area contributed by atoms with Crippen LogP contribution in [0.5, 0.6) is 0 Å². The van der Waals surface area contributed by atoms with Crippen LogP contribution in [0, 0.1) is 6.92 Å². The van der Waals surface area contributed by atoms with Crippen molar-refractivity contribution in [3.8, 4) is 11.1 Å². The zero-order valence-corrected chi connectivity index (χ0v) is 12.6. The first kappa shape index (κ1) is 14.1. The van der Waals surface area contributed by atoms with Crippen LogP contribution in [0.4, 0.5) is 0 Å². The van der Waals surface area contributed by atoms with Gasteiger partial charge in [0.25, 0.3) is 0 Å². The second-order valence-corrected chi connectivity index (χ2v) is 5.63. The number of hydrogen-bond donors (Lipinski definition) is 1. The van der Waals surface area contributed by atoms with E-state index in [4.69, 9.17) is 17.3 Å². The summed E-state index contributed by atoms with van der Waals surface area (Å²) in [5.74, 6) is 0. The smallest absolute Gasteiger partial charge is 0.0672 e. The van der Waals surface area contributed by atoms with E-state index in [1.807, 2.05) is 30.7 Å². The molecule has 4 heteroatoms. The van der Waals surface area contributed by atoms with E-state index < -0.39 is 0 Å². The van der Waals surface area contributed by atoms with E-state index in [1.165, 1.54) is 0 Å². The van der Waals surface area contributed by atoms with Crippen LogP contribution in [0.3, 0.4) is 0 Å². The minimum absolute atomic E-state index is 0.0546. The van der Waals surface area contributed by atoms with Crippen LogP contribution in [0.15, 0.2) is 24.4 Å². The summed E-state index contributed by atoms with van der Waals surface area (Å²) in [7, 11) is 0. The van der Waals surface area contributed by atoms with E-state index in [9.17, 15) is 0 Å². The molecule has 2 N–H and O–H groups in total. The van der Waals surface area contributed by atoms with Gasteiger partial charge in [-0.05, 0) is 44.9 Å². The van der Waals surface area contributed by atoms with E-state index in [2.05, 4.69) is 31.2 Å². The Labute approximate surface area is 119 Å². The fourth-order valence-electron chi connectivity index (χ4n) is 2.09. The van der Waals surface area contributed by atoms with Crippen LogP contribution in [0.1, 0.15) is 44.1 Å². The number of rotatable bonds is 3. The molecule has 0 saturated heterocycles. The molecular weight excluding hydrogens is 258 g/mol. The first-order valence-corrected chi connectivity index (χ1v) is 6.89. The van der Waals surface area contributed by atoms with Crippen molar-refractivity contribution in [2.24, 2.45) is 5.73 Å². The van der Waals surface area contributed by atoms with Crippen LogP contribution in [0.25, 0.3) is 11.1 Å². The molecule has 2 aromatic rings. The Hall–Kier alpha value is -1.32. The van der Waals surface area contributed by atoms with Crippen LogP contribution in [-0.4, -0.2) is 9.78 Å². The van der Waals surface area contributed by atoms with Gasteiger partial charge in [-0.25, -0.2) is 0 Å². The average Bonchev–Trinajstić information content (AvgIpc) is 2.71. The van der Waals surface area contributed by atoms with Gasteiger partial charge in [-0.3, -0.25) is 4.68 Å². The zero-order valence-electron chi connectivity index (χ0n) is 11.8. The summed E-state index contributed by atoms with van der Waals surface area (Å²) in [6.45, 7) is 8.18. The Balaban J connectivity index is 2.45. The normalized spacial score (nSPS) is 13.0. The highest BCUT2D eigenvalue weighted by atomic mass is 35.5. The van der Waals surface area contributed by atoms with Crippen molar-refractivity contribution in [3.63, 3.8) is 0 Å². The lowest BCUT2D eigenvalue weighted by Gasteiger charge is -2.09. The van der Waals surface area contributed by atoms with E-state index in [0.29, 0.717) is 11.1 Å². The molecule has 2 rings (SSSR count). The molecule has 0 amide bonds. The number of halogens is 1. The number of nitrogens with zero attached hydrogens (tertiary/aromatic N) is 2. The minimum Gasteiger partial charge on any atom is -0.324 e. The molecule has 1 heterocycles. The van der Waals surface area contributed by atoms with Crippen molar-refractivity contribution < 1.29 is 0 Å². The predicted octanol–water partition coefficient (Wildman–Crippen LogP) is 4.11. The lowest BCUT2D eigenvalue weighted by Crippen LogP contribution is -2.05. The summed E-state index contributed by atoms with van der Waals surface area (Å²) in [5, 5.41) is 5.23. The van der Waals surface area contributed by atoms with E-state index in [0.717, 1.165) is 22.4 Å². The summed E-state index contributed by atoms with van der Waals surface area (Å²) in [6.07, 6.45) is 2.07. The molecule has 0 spiro atoms. The third-order valence-electron chi connectivity index (χ3n) is 3.25. The van der Waals surface area contributed by atoms with Crippen LogP contribution in [-0.2, 0) is 0 Å². The summed E-state index contributed by atoms with van der Waals surface area (Å²) >= 11 is 6.29. The van der Waals surface area contributed by atoms with Gasteiger partial charge in [-0.2, -0.15) is 5.10 Å². The Kier molecular flexibility index (Phi) is 3.97. The van der Waals surface area contributed by atoms with Gasteiger partial charge in [0.15, 0.2) is 0 Å². The third kappa shape index (κ3) is 2.82. The maximum absolute atomic E-state index is 6.29. The molecule has 1 aromatic carbocycles. The molecule has 0 saturated carbocycles. The maximum atomic E-state index is 6.29. The van der Waals surface area contributed by atoms with Crippen molar-refractivity contribution >= 4 is 11.6 Å². The molecule has 0 fully saturated rings. The highest BCUT2D eigenvalue weighted by Crippen LogP contribution is 2.30. The Bertz CT molecular complexity index is 585. The molecule has 0 bridgehead atoms. The number of aryl methyl sites for hydroxylation is 1. The highest BCUT2D eigenvalue weighted by Gasteiger charge is 2.12. The molecule has 0 radical (unpaired) electrons. The molecule has 0 aliphatic rings. The van der Waals surface area contributed by atoms with Gasteiger partial charge in [-0.15, -0.1) is 0 Å². The van der Waals surface area contributed by atoms with E-state index in [-0.39, 0.29) is 6.04 Å². The van der Waals surface area contributed by atoms with Gasteiger partial charge >= 0.3 is 0 Å². The maximum Gasteiger partial charge on any atom is 0.0672 e. The van der Waals surface area contributed by atoms with Crippen LogP contribution < -0.4 is 5.73 Å². The van der Waals surface area contributed by atoms with Gasteiger partial charge < -0.3 is 5.73 Å². The lowest BCUT2D eigenvalue weighted by molar-refractivity contribution is 0.529. The molecule has 0 aliphatic carbocycles. The molecule has 19 heavy (non-hydrogen) atoms. The van der Waals surface area contributed by atoms with Gasteiger partial charge in [0.1, 0.15) is 0 Å². The quantitative estimate of drug-likeness (QED) is 0.917. The van der Waals surface area contributed by atoms with Crippen molar-refractivity contribution in [1.82, 2.24) is 9.78 Å². The van der Waals surface area contributed by atoms with Crippen molar-refractivity contribution in [2.45, 2.75) is 39.8 Å². The molecule has 0 aliphatic heterocycles. The first-order chi connectivity index (χ1) is 8.90. The molecule has 1 atom stereocenters. The standard InChI is InChI=1S/C15H20ClN3/c1-9(2)19-8-14(11(4)18-19)12-5-6-13(10(3)17)15(16)7-12/h5-10H,17H2,1-4H3. The summed E-state index contributed by atoms with van der Waals surface area (Å²) in [5.41, 5.74) is 10.1. The second-order valence-electron chi connectivity index (χ2n) is 5.23. The van der Waals surface area contributed by atoms with E-state index in [1.54, 1.807) is 0 Å². The zero-order chi connectivity index (χ0) is 14.2. The molecule has 1 aromatic heterocycles. The fraction of sp³-hybridized carbons (Fsp3) is 0.400. The lowest BCUT2D eigenvalue weighted by atomic mass is 10.0. The monoisotopic (exact) mass is 277 g/mol.